The van der Waals surface area contributed by atoms with E-state index in [1.54, 1.807) is 11.3 Å². The maximum absolute atomic E-state index is 5.91. The van der Waals surface area contributed by atoms with Crippen LogP contribution in [0.2, 0.25) is 0 Å². The summed E-state index contributed by atoms with van der Waals surface area (Å²) in [5.74, 6) is 1.37. The van der Waals surface area contributed by atoms with E-state index in [0.29, 0.717) is 11.8 Å². The second-order valence-electron chi connectivity index (χ2n) is 7.31. The fraction of sp³-hybridized carbons (Fsp3) is 0.167. The number of thiophene rings is 1. The van der Waals surface area contributed by atoms with Gasteiger partial charge in [-0.05, 0) is 35.6 Å². The minimum Gasteiger partial charge on any atom is -0.418 e. The highest BCUT2D eigenvalue weighted by Gasteiger charge is 2.21. The molecular formula is C24H22N4OS. The topological polar surface area (TPSA) is 66.7 Å². The van der Waals surface area contributed by atoms with E-state index in [2.05, 4.69) is 88.2 Å². The first-order chi connectivity index (χ1) is 14.8. The number of benzene rings is 2. The van der Waals surface area contributed by atoms with Gasteiger partial charge in [0.05, 0.1) is 10.9 Å². The van der Waals surface area contributed by atoms with E-state index in [0.717, 1.165) is 16.9 Å². The Morgan fingerprint density at radius 2 is 1.83 bits per heavy atom. The van der Waals surface area contributed by atoms with Crippen LogP contribution in [0.25, 0.3) is 21.7 Å². The molecule has 0 unspecified atom stereocenters. The van der Waals surface area contributed by atoms with Gasteiger partial charge < -0.3 is 14.7 Å². The molecule has 0 aliphatic carbocycles. The Labute approximate surface area is 178 Å². The van der Waals surface area contributed by atoms with Crippen molar-refractivity contribution in [2.45, 2.75) is 18.9 Å². The molecule has 2 atom stereocenters. The number of aromatic amines is 1. The van der Waals surface area contributed by atoms with E-state index in [9.17, 15) is 0 Å². The van der Waals surface area contributed by atoms with Crippen molar-refractivity contribution >= 4 is 22.2 Å². The zero-order valence-electron chi connectivity index (χ0n) is 16.6. The van der Waals surface area contributed by atoms with E-state index in [4.69, 9.17) is 4.42 Å². The first-order valence-electron chi connectivity index (χ1n) is 10.0. The fourth-order valence-corrected chi connectivity index (χ4v) is 4.41. The van der Waals surface area contributed by atoms with Gasteiger partial charge in [-0.3, -0.25) is 0 Å². The zero-order valence-corrected chi connectivity index (χ0v) is 17.4. The van der Waals surface area contributed by atoms with Crippen molar-refractivity contribution in [2.24, 2.45) is 0 Å². The van der Waals surface area contributed by atoms with Crippen molar-refractivity contribution < 1.29 is 4.42 Å². The van der Waals surface area contributed by atoms with Crippen molar-refractivity contribution in [3.05, 3.63) is 95.3 Å². The Hall–Kier alpha value is -3.22. The summed E-state index contributed by atoms with van der Waals surface area (Å²) in [5.41, 5.74) is 3.70. The predicted molar refractivity (Wildman–Crippen MR) is 121 cm³/mol. The second-order valence-corrected chi connectivity index (χ2v) is 8.25. The van der Waals surface area contributed by atoms with Gasteiger partial charge in [-0.15, -0.1) is 21.5 Å². The summed E-state index contributed by atoms with van der Waals surface area (Å²) in [6.07, 6.45) is 2.12. The SMILES string of the molecule is C[C@H](NC[C@@H](c1ccccc1)c1c[nH]c2ccccc12)c1nnc(-c2cccs2)o1. The van der Waals surface area contributed by atoms with Crippen LogP contribution in [0.1, 0.15) is 35.9 Å². The lowest BCUT2D eigenvalue weighted by molar-refractivity contribution is 0.419. The van der Waals surface area contributed by atoms with Gasteiger partial charge in [0.15, 0.2) is 0 Å². The molecule has 0 aliphatic rings. The third-order valence-corrected chi connectivity index (χ3v) is 6.23. The summed E-state index contributed by atoms with van der Waals surface area (Å²) in [7, 11) is 0. The van der Waals surface area contributed by atoms with Crippen LogP contribution >= 0.6 is 11.3 Å². The zero-order chi connectivity index (χ0) is 20.3. The van der Waals surface area contributed by atoms with E-state index in [1.165, 1.54) is 16.5 Å². The fourth-order valence-electron chi connectivity index (χ4n) is 3.77. The van der Waals surface area contributed by atoms with Crippen molar-refractivity contribution in [3.8, 4) is 10.8 Å². The highest BCUT2D eigenvalue weighted by Crippen LogP contribution is 2.31. The molecule has 0 fully saturated rings. The van der Waals surface area contributed by atoms with Gasteiger partial charge in [-0.2, -0.15) is 0 Å². The molecule has 0 saturated carbocycles. The van der Waals surface area contributed by atoms with Crippen LogP contribution in [0.15, 0.2) is 82.7 Å². The smallest absolute Gasteiger partial charge is 0.257 e. The third-order valence-electron chi connectivity index (χ3n) is 5.37. The van der Waals surface area contributed by atoms with E-state index in [1.807, 2.05) is 17.5 Å². The van der Waals surface area contributed by atoms with Crippen LogP contribution in [0, 0.1) is 0 Å². The molecule has 3 heterocycles. The van der Waals surface area contributed by atoms with Crippen LogP contribution in [0.4, 0.5) is 0 Å². The molecule has 0 radical (unpaired) electrons. The standard InChI is InChI=1S/C24H22N4OS/c1-16(23-27-28-24(29-23)22-12-7-13-30-22)25-14-19(17-8-3-2-4-9-17)20-15-26-21-11-6-5-10-18(20)21/h2-13,15-16,19,25-26H,14H2,1H3/t16-,19-/m0/s1. The normalized spacial score (nSPS) is 13.5. The average molecular weight is 415 g/mol. The lowest BCUT2D eigenvalue weighted by Gasteiger charge is -2.20. The van der Waals surface area contributed by atoms with Gasteiger partial charge in [0.1, 0.15) is 0 Å². The molecule has 5 rings (SSSR count). The molecule has 150 valence electrons. The monoisotopic (exact) mass is 414 g/mol. The summed E-state index contributed by atoms with van der Waals surface area (Å²) in [5, 5.41) is 15.3. The van der Waals surface area contributed by atoms with Crippen LogP contribution < -0.4 is 5.32 Å². The maximum atomic E-state index is 5.91. The molecule has 0 amide bonds. The minimum atomic E-state index is -0.0531. The van der Waals surface area contributed by atoms with Crippen LogP contribution in [-0.2, 0) is 0 Å². The van der Waals surface area contributed by atoms with Gasteiger partial charge in [0.2, 0.25) is 5.89 Å². The number of H-pyrrole nitrogens is 1. The third kappa shape index (κ3) is 3.67. The first kappa shape index (κ1) is 18.8. The molecular weight excluding hydrogens is 392 g/mol. The molecule has 5 nitrogen and oxygen atoms in total. The molecule has 30 heavy (non-hydrogen) atoms. The van der Waals surface area contributed by atoms with Gasteiger partial charge in [-0.25, -0.2) is 0 Å². The largest absolute Gasteiger partial charge is 0.418 e. The Morgan fingerprint density at radius 3 is 2.67 bits per heavy atom. The number of rotatable bonds is 7. The summed E-state index contributed by atoms with van der Waals surface area (Å²) in [6.45, 7) is 2.81. The molecule has 0 saturated heterocycles. The number of fused-ring (bicyclic) bond motifs is 1. The summed E-state index contributed by atoms with van der Waals surface area (Å²) in [4.78, 5) is 4.40. The Balaban J connectivity index is 1.39. The van der Waals surface area contributed by atoms with Crippen molar-refractivity contribution in [1.29, 1.82) is 0 Å². The van der Waals surface area contributed by atoms with Crippen molar-refractivity contribution in [3.63, 3.8) is 0 Å². The number of aromatic nitrogens is 3. The predicted octanol–water partition coefficient (Wildman–Crippen LogP) is 5.76. The molecule has 2 aromatic carbocycles. The summed E-state index contributed by atoms with van der Waals surface area (Å²) < 4.78 is 5.91. The second kappa shape index (κ2) is 8.26. The molecule has 2 N–H and O–H groups in total. The molecule has 3 aromatic heterocycles. The van der Waals surface area contributed by atoms with Gasteiger partial charge >= 0.3 is 0 Å². The minimum absolute atomic E-state index is 0.0531. The molecule has 0 aliphatic heterocycles. The number of para-hydroxylation sites is 1. The number of hydrogen-bond donors (Lipinski definition) is 2. The molecule has 0 spiro atoms. The van der Waals surface area contributed by atoms with E-state index < -0.39 is 0 Å². The quantitative estimate of drug-likeness (QED) is 0.355. The maximum Gasteiger partial charge on any atom is 0.257 e. The van der Waals surface area contributed by atoms with Crippen LogP contribution in [0.3, 0.4) is 0 Å². The van der Waals surface area contributed by atoms with Crippen LogP contribution in [0.5, 0.6) is 0 Å². The lowest BCUT2D eigenvalue weighted by Crippen LogP contribution is -2.25. The summed E-state index contributed by atoms with van der Waals surface area (Å²) >= 11 is 1.60. The number of nitrogens with zero attached hydrogens (tertiary/aromatic N) is 2. The summed E-state index contributed by atoms with van der Waals surface area (Å²) in [6, 6.07) is 22.9. The van der Waals surface area contributed by atoms with Crippen molar-refractivity contribution in [2.75, 3.05) is 6.54 Å². The van der Waals surface area contributed by atoms with Gasteiger partial charge in [0, 0.05) is 29.6 Å². The molecule has 0 bridgehead atoms. The molecule has 6 heteroatoms. The highest BCUT2D eigenvalue weighted by molar-refractivity contribution is 7.13. The number of hydrogen-bond acceptors (Lipinski definition) is 5. The first-order valence-corrected chi connectivity index (χ1v) is 10.9. The van der Waals surface area contributed by atoms with Gasteiger partial charge in [0.25, 0.3) is 5.89 Å². The Kier molecular flexibility index (Phi) is 5.17. The number of nitrogens with one attached hydrogen (secondary N) is 2. The van der Waals surface area contributed by atoms with Gasteiger partial charge in [-0.1, -0.05) is 54.6 Å². The lowest BCUT2D eigenvalue weighted by atomic mass is 9.90. The Bertz CT molecular complexity index is 1230. The highest BCUT2D eigenvalue weighted by atomic mass is 32.1. The van der Waals surface area contributed by atoms with E-state index >= 15 is 0 Å². The van der Waals surface area contributed by atoms with Crippen LogP contribution in [-0.4, -0.2) is 21.7 Å². The van der Waals surface area contributed by atoms with E-state index in [-0.39, 0.29) is 12.0 Å². The average Bonchev–Trinajstić information content (AvgIpc) is 3.55. The molecule has 5 aromatic rings. The van der Waals surface area contributed by atoms with Crippen molar-refractivity contribution in [1.82, 2.24) is 20.5 Å². The Morgan fingerprint density at radius 1 is 1.00 bits per heavy atom.